The minimum atomic E-state index is -4.62. The van der Waals surface area contributed by atoms with Crippen LogP contribution in [-0.2, 0) is 11.0 Å². The molecule has 7 nitrogen and oxygen atoms in total. The fourth-order valence-corrected chi connectivity index (χ4v) is 4.62. The molecule has 3 aromatic carbocycles. The Labute approximate surface area is 248 Å². The van der Waals surface area contributed by atoms with Crippen molar-refractivity contribution in [2.45, 2.75) is 33.9 Å². The molecule has 0 aliphatic heterocycles. The number of aromatic hydroxyl groups is 1. The van der Waals surface area contributed by atoms with Crippen LogP contribution in [-0.4, -0.2) is 34.5 Å². The van der Waals surface area contributed by atoms with Crippen molar-refractivity contribution in [2.75, 3.05) is 17.3 Å². The van der Waals surface area contributed by atoms with Gasteiger partial charge in [0, 0.05) is 48.8 Å². The summed E-state index contributed by atoms with van der Waals surface area (Å²) in [5, 5.41) is 20.8. The first-order chi connectivity index (χ1) is 20.4. The van der Waals surface area contributed by atoms with Gasteiger partial charge in [-0.15, -0.1) is 0 Å². The molecule has 0 saturated heterocycles. The number of halogens is 3. The quantitative estimate of drug-likeness (QED) is 0.191. The molecule has 0 spiro atoms. The Morgan fingerprint density at radius 1 is 0.953 bits per heavy atom. The van der Waals surface area contributed by atoms with Crippen LogP contribution in [0.2, 0.25) is 0 Å². The highest BCUT2D eigenvalue weighted by atomic mass is 19.4. The van der Waals surface area contributed by atoms with Crippen LogP contribution in [0.1, 0.15) is 46.5 Å². The van der Waals surface area contributed by atoms with Crippen molar-refractivity contribution in [3.8, 4) is 16.9 Å². The molecule has 0 aliphatic rings. The van der Waals surface area contributed by atoms with Gasteiger partial charge >= 0.3 is 6.18 Å². The molecule has 0 atom stereocenters. The molecule has 1 amide bonds. The number of carbonyl (C=O) groups is 2. The van der Waals surface area contributed by atoms with Crippen molar-refractivity contribution in [2.24, 2.45) is 0 Å². The molecule has 0 fully saturated rings. The molecule has 1 aromatic heterocycles. The van der Waals surface area contributed by atoms with Gasteiger partial charge in [0.2, 0.25) is 5.91 Å². The van der Waals surface area contributed by atoms with Gasteiger partial charge in [0.1, 0.15) is 6.29 Å². The predicted molar refractivity (Wildman–Crippen MR) is 162 cm³/mol. The number of aliphatic hydroxyl groups excluding tert-OH is 1. The van der Waals surface area contributed by atoms with Gasteiger partial charge < -0.3 is 15.5 Å². The third kappa shape index (κ3) is 7.66. The van der Waals surface area contributed by atoms with E-state index < -0.39 is 17.6 Å². The van der Waals surface area contributed by atoms with Gasteiger partial charge in [0.25, 0.3) is 0 Å². The lowest BCUT2D eigenvalue weighted by atomic mass is 10.0. The third-order valence-corrected chi connectivity index (χ3v) is 6.45. The number of alkyl halides is 3. The highest BCUT2D eigenvalue weighted by Crippen LogP contribution is 2.39. The number of amides is 1. The number of aromatic nitrogens is 1. The molecule has 0 unspecified atom stereocenters. The van der Waals surface area contributed by atoms with E-state index >= 15 is 0 Å². The second-order valence-corrected chi connectivity index (χ2v) is 9.70. The van der Waals surface area contributed by atoms with E-state index in [9.17, 15) is 27.9 Å². The van der Waals surface area contributed by atoms with E-state index in [1.165, 1.54) is 30.3 Å². The molecular weight excluding hydrogens is 559 g/mol. The number of allylic oxidation sites excluding steroid dienone is 1. The minimum Gasteiger partial charge on any atom is -0.504 e. The van der Waals surface area contributed by atoms with Crippen LogP contribution >= 0.6 is 0 Å². The Morgan fingerprint density at radius 3 is 2.23 bits per heavy atom. The summed E-state index contributed by atoms with van der Waals surface area (Å²) in [6, 6.07) is 16.9. The summed E-state index contributed by atoms with van der Waals surface area (Å²) >= 11 is 0. The minimum absolute atomic E-state index is 0.0597. The second-order valence-electron chi connectivity index (χ2n) is 9.70. The number of pyridine rings is 1. The molecule has 0 radical (unpaired) electrons. The molecule has 4 rings (SSSR count). The third-order valence-electron chi connectivity index (χ3n) is 6.45. The molecule has 4 aromatic rings. The fourth-order valence-electron chi connectivity index (χ4n) is 4.62. The van der Waals surface area contributed by atoms with E-state index in [2.05, 4.69) is 10.3 Å². The molecule has 3 N–H and O–H groups in total. The number of aldehydes is 1. The normalized spacial score (nSPS) is 11.3. The first-order valence-corrected chi connectivity index (χ1v) is 13.1. The maximum absolute atomic E-state index is 13.7. The molecule has 0 bridgehead atoms. The zero-order chi connectivity index (χ0) is 31.9. The topological polar surface area (TPSA) is 103 Å². The monoisotopic (exact) mass is 591 g/mol. The molecule has 10 heteroatoms. The van der Waals surface area contributed by atoms with Gasteiger partial charge in [-0.2, -0.15) is 13.2 Å². The van der Waals surface area contributed by atoms with Gasteiger partial charge in [-0.3, -0.25) is 14.5 Å². The van der Waals surface area contributed by atoms with Gasteiger partial charge in [0.15, 0.2) is 11.6 Å². The summed E-state index contributed by atoms with van der Waals surface area (Å²) in [5.41, 5.74) is 3.66. The highest BCUT2D eigenvalue weighted by molar-refractivity contribution is 6.02. The number of benzene rings is 3. The summed E-state index contributed by atoms with van der Waals surface area (Å²) in [7, 11) is 1.00. The number of hydrogen-bond acceptors (Lipinski definition) is 6. The molecule has 224 valence electrons. The molecule has 0 aliphatic carbocycles. The Bertz CT molecular complexity index is 1650. The van der Waals surface area contributed by atoms with E-state index in [-0.39, 0.29) is 17.3 Å². The summed E-state index contributed by atoms with van der Waals surface area (Å²) in [5.74, 6) is -0.529. The van der Waals surface area contributed by atoms with Gasteiger partial charge in [0.05, 0.1) is 11.3 Å². The number of anilines is 3. The van der Waals surface area contributed by atoms with Crippen LogP contribution in [0.15, 0.2) is 79.1 Å². The van der Waals surface area contributed by atoms with Crippen LogP contribution in [0.3, 0.4) is 0 Å². The lowest BCUT2D eigenvalue weighted by Crippen LogP contribution is -2.24. The van der Waals surface area contributed by atoms with E-state index in [0.717, 1.165) is 30.4 Å². The lowest BCUT2D eigenvalue weighted by molar-refractivity contribution is -0.137. The summed E-state index contributed by atoms with van der Waals surface area (Å²) in [4.78, 5) is 29.5. The van der Waals surface area contributed by atoms with E-state index in [4.69, 9.17) is 5.11 Å². The van der Waals surface area contributed by atoms with Gasteiger partial charge in [-0.25, -0.2) is 4.98 Å². The average molecular weight is 592 g/mol. The fraction of sp³-hybridized carbons (Fsp3) is 0.182. The van der Waals surface area contributed by atoms with E-state index in [1.54, 1.807) is 49.4 Å². The van der Waals surface area contributed by atoms with Crippen molar-refractivity contribution >= 4 is 35.0 Å². The van der Waals surface area contributed by atoms with Gasteiger partial charge in [-0.1, -0.05) is 30.3 Å². The number of carbonyl (C=O) groups excluding carboxylic acids is 2. The summed E-state index contributed by atoms with van der Waals surface area (Å²) < 4.78 is 41.2. The maximum Gasteiger partial charge on any atom is 0.416 e. The average Bonchev–Trinajstić information content (AvgIpc) is 2.96. The zero-order valence-electron chi connectivity index (χ0n) is 24.3. The molecule has 1 heterocycles. The predicted octanol–water partition coefficient (Wildman–Crippen LogP) is 7.67. The largest absolute Gasteiger partial charge is 0.504 e. The summed E-state index contributed by atoms with van der Waals surface area (Å²) in [6.07, 6.45) is -0.933. The number of rotatable bonds is 7. The Kier molecular flexibility index (Phi) is 10.4. The number of aliphatic hydroxyl groups is 1. The number of nitrogens with one attached hydrogen (secondary N) is 1. The van der Waals surface area contributed by atoms with Crippen LogP contribution in [0, 0.1) is 13.8 Å². The number of aryl methyl sites for hydroxylation is 2. The Morgan fingerprint density at radius 2 is 1.63 bits per heavy atom. The van der Waals surface area contributed by atoms with Crippen molar-refractivity contribution in [3.05, 3.63) is 107 Å². The first kappa shape index (κ1) is 32.6. The SMILES string of the molecule is CC(=O)N(c1cc(C)cc(C)c1)c1cc(C(F)(F)F)ccc1/C(C)=C/Nc1nccc(-c2cccc(C=O)c2)c1O.CO. The van der Waals surface area contributed by atoms with Crippen LogP contribution in [0.25, 0.3) is 16.7 Å². The Hall–Kier alpha value is -4.96. The molecular formula is C33H32F3N3O4. The lowest BCUT2D eigenvalue weighted by Gasteiger charge is -2.26. The number of nitrogens with zero attached hydrogens (tertiary/aromatic N) is 2. The summed E-state index contributed by atoms with van der Waals surface area (Å²) in [6.45, 7) is 6.67. The van der Waals surface area contributed by atoms with Crippen molar-refractivity contribution in [1.29, 1.82) is 0 Å². The van der Waals surface area contributed by atoms with Crippen LogP contribution in [0.5, 0.6) is 5.75 Å². The van der Waals surface area contributed by atoms with E-state index in [0.29, 0.717) is 39.8 Å². The van der Waals surface area contributed by atoms with Crippen LogP contribution in [0.4, 0.5) is 30.4 Å². The van der Waals surface area contributed by atoms with Crippen molar-refractivity contribution < 1.29 is 33.0 Å². The van der Waals surface area contributed by atoms with Gasteiger partial charge in [-0.05, 0) is 79.4 Å². The standard InChI is InChI=1S/C32H28F3N3O3.CH4O/c1-19-12-20(2)14-26(13-19)38(22(4)40)29-16-25(32(33,34)35)8-9-27(29)21(3)17-37-31-30(41)28(10-11-36-31)24-7-5-6-23(15-24)18-39;1-2/h5-18,41H,1-4H3,(H,36,37);2H,1H3/b21-17+;. The Balaban J connectivity index is 0.00000248. The smallest absolute Gasteiger partial charge is 0.416 e. The number of hydrogen-bond donors (Lipinski definition) is 3. The van der Waals surface area contributed by atoms with Crippen LogP contribution < -0.4 is 10.2 Å². The highest BCUT2D eigenvalue weighted by Gasteiger charge is 2.32. The molecule has 43 heavy (non-hydrogen) atoms. The van der Waals surface area contributed by atoms with E-state index in [1.807, 2.05) is 19.9 Å². The van der Waals surface area contributed by atoms with Crippen molar-refractivity contribution in [3.63, 3.8) is 0 Å². The molecule has 0 saturated carbocycles. The zero-order valence-corrected chi connectivity index (χ0v) is 24.3. The maximum atomic E-state index is 13.7. The van der Waals surface area contributed by atoms with Crippen molar-refractivity contribution in [1.82, 2.24) is 4.98 Å². The first-order valence-electron chi connectivity index (χ1n) is 13.1. The second kappa shape index (κ2) is 13.8.